The van der Waals surface area contributed by atoms with Gasteiger partial charge in [0.25, 0.3) is 0 Å². The van der Waals surface area contributed by atoms with E-state index in [1.54, 1.807) is 12.4 Å². The number of rotatable bonds is 23. The second-order valence-electron chi connectivity index (χ2n) is 9.45. The van der Waals surface area contributed by atoms with Crippen LogP contribution in [0.4, 0.5) is 0 Å². The molecule has 0 aliphatic carbocycles. The van der Waals surface area contributed by atoms with Gasteiger partial charge in [0.1, 0.15) is 6.61 Å². The summed E-state index contributed by atoms with van der Waals surface area (Å²) >= 11 is 0. The fourth-order valence-electron chi connectivity index (χ4n) is 3.90. The van der Waals surface area contributed by atoms with Crippen LogP contribution in [-0.2, 0) is 16.1 Å². The first kappa shape index (κ1) is 30.9. The first-order valence-corrected chi connectivity index (χ1v) is 14.3. The topological polar surface area (TPSA) is 39.2 Å². The zero-order valence-electron chi connectivity index (χ0n) is 22.5. The molecule has 0 saturated carbocycles. The van der Waals surface area contributed by atoms with Crippen LogP contribution in [0.2, 0.25) is 0 Å². The summed E-state index contributed by atoms with van der Waals surface area (Å²) in [6.07, 6.45) is 39.2. The number of allylic oxidation sites excluding steroid dienone is 6. The molecule has 1 aromatic rings. The lowest BCUT2D eigenvalue weighted by Gasteiger charge is -2.03. The first-order valence-electron chi connectivity index (χ1n) is 14.3. The van der Waals surface area contributed by atoms with Crippen LogP contribution in [0.5, 0.6) is 0 Å². The highest BCUT2D eigenvalue weighted by Gasteiger charge is 2.02. The number of unbranched alkanes of at least 4 members (excludes halogenated alkanes) is 13. The molecule has 35 heavy (non-hydrogen) atoms. The van der Waals surface area contributed by atoms with E-state index in [-0.39, 0.29) is 5.97 Å². The molecule has 0 amide bonds. The van der Waals surface area contributed by atoms with Crippen molar-refractivity contribution in [1.29, 1.82) is 0 Å². The largest absolute Gasteiger partial charge is 0.461 e. The molecule has 0 radical (unpaired) electrons. The number of hydrogen-bond acceptors (Lipinski definition) is 3. The number of nitrogens with zero attached hydrogens (tertiary/aromatic N) is 1. The maximum absolute atomic E-state index is 11.8. The van der Waals surface area contributed by atoms with Gasteiger partial charge in [0, 0.05) is 24.4 Å². The van der Waals surface area contributed by atoms with Gasteiger partial charge in [0.05, 0.1) is 0 Å². The third-order valence-electron chi connectivity index (χ3n) is 6.09. The SMILES string of the molecule is CCCCCCCC/C=C\CCCCCC/C=C\CC/C=C\CCCC(=O)OCc1cccnc1. The zero-order valence-corrected chi connectivity index (χ0v) is 22.5. The Balaban J connectivity index is 1.80. The second kappa shape index (κ2) is 24.9. The van der Waals surface area contributed by atoms with Crippen molar-refractivity contribution in [2.45, 2.75) is 129 Å². The Hall–Kier alpha value is -2.16. The van der Waals surface area contributed by atoms with Crippen LogP contribution in [0, 0.1) is 0 Å². The predicted octanol–water partition coefficient (Wildman–Crippen LogP) is 9.84. The highest BCUT2D eigenvalue weighted by molar-refractivity contribution is 5.69. The molecule has 0 atom stereocenters. The summed E-state index contributed by atoms with van der Waals surface area (Å²) in [7, 11) is 0. The molecule has 1 aromatic heterocycles. The van der Waals surface area contributed by atoms with E-state index in [9.17, 15) is 4.79 Å². The van der Waals surface area contributed by atoms with Crippen molar-refractivity contribution < 1.29 is 9.53 Å². The summed E-state index contributed by atoms with van der Waals surface area (Å²) in [5, 5.41) is 0. The number of carbonyl (C=O) groups excluding carboxylic acids is 1. The molecule has 0 unspecified atom stereocenters. The molecule has 0 N–H and O–H groups in total. The lowest BCUT2D eigenvalue weighted by molar-refractivity contribution is -0.145. The number of aromatic nitrogens is 1. The molecule has 3 nitrogen and oxygen atoms in total. The van der Waals surface area contributed by atoms with Crippen LogP contribution >= 0.6 is 0 Å². The first-order chi connectivity index (χ1) is 17.3. The smallest absolute Gasteiger partial charge is 0.306 e. The molecule has 3 heteroatoms. The average Bonchev–Trinajstić information content (AvgIpc) is 2.88. The summed E-state index contributed by atoms with van der Waals surface area (Å²) in [5.74, 6) is -0.134. The zero-order chi connectivity index (χ0) is 25.1. The molecule has 0 fully saturated rings. The van der Waals surface area contributed by atoms with E-state index in [0.717, 1.165) is 31.2 Å². The second-order valence-corrected chi connectivity index (χ2v) is 9.45. The van der Waals surface area contributed by atoms with Crippen LogP contribution in [0.15, 0.2) is 61.0 Å². The van der Waals surface area contributed by atoms with Gasteiger partial charge in [-0.05, 0) is 70.3 Å². The molecule has 0 saturated heterocycles. The van der Waals surface area contributed by atoms with Gasteiger partial charge in [0.2, 0.25) is 0 Å². The van der Waals surface area contributed by atoms with Gasteiger partial charge in [-0.25, -0.2) is 0 Å². The third kappa shape index (κ3) is 22.1. The number of ether oxygens (including phenoxy) is 1. The number of pyridine rings is 1. The van der Waals surface area contributed by atoms with Crippen LogP contribution in [0.3, 0.4) is 0 Å². The summed E-state index contributed by atoms with van der Waals surface area (Å²) in [6.45, 7) is 2.59. The molecule has 1 rings (SSSR count). The normalized spacial score (nSPS) is 11.8. The molecule has 0 bridgehead atoms. The van der Waals surface area contributed by atoms with Gasteiger partial charge >= 0.3 is 5.97 Å². The molecule has 0 aliphatic heterocycles. The number of esters is 1. The van der Waals surface area contributed by atoms with Gasteiger partial charge in [-0.2, -0.15) is 0 Å². The molecule has 196 valence electrons. The molecule has 0 aromatic carbocycles. The van der Waals surface area contributed by atoms with Crippen LogP contribution < -0.4 is 0 Å². The maximum atomic E-state index is 11.8. The van der Waals surface area contributed by atoms with Gasteiger partial charge in [-0.3, -0.25) is 9.78 Å². The van der Waals surface area contributed by atoms with E-state index < -0.39 is 0 Å². The standard InChI is InChI=1S/C32H51NO2/c1-2-3-4-5-6-7-8-9-10-11-12-13-14-15-16-17-18-19-20-21-22-23-24-27-32(34)35-30-31-26-25-28-33-29-31/h9-10,17-18,21-22,25-26,28-29H,2-8,11-16,19-20,23-24,27,30H2,1H3/b10-9-,18-17-,22-21-. The van der Waals surface area contributed by atoms with Crippen molar-refractivity contribution in [1.82, 2.24) is 4.98 Å². The molecular weight excluding hydrogens is 430 g/mol. The van der Waals surface area contributed by atoms with E-state index >= 15 is 0 Å². The Morgan fingerprint density at radius 3 is 1.77 bits per heavy atom. The van der Waals surface area contributed by atoms with E-state index in [1.807, 2.05) is 12.1 Å². The maximum Gasteiger partial charge on any atom is 0.306 e. The Labute approximate surface area is 216 Å². The Morgan fingerprint density at radius 1 is 0.714 bits per heavy atom. The van der Waals surface area contributed by atoms with E-state index in [2.05, 4.69) is 48.4 Å². The lowest BCUT2D eigenvalue weighted by atomic mass is 10.1. The summed E-state index contributed by atoms with van der Waals surface area (Å²) in [6, 6.07) is 3.76. The molecule has 0 aliphatic rings. The highest BCUT2D eigenvalue weighted by Crippen LogP contribution is 2.10. The van der Waals surface area contributed by atoms with Crippen LogP contribution in [0.1, 0.15) is 128 Å². The Kier molecular flexibility index (Phi) is 22.0. The summed E-state index contributed by atoms with van der Waals surface area (Å²) in [4.78, 5) is 15.8. The van der Waals surface area contributed by atoms with Crippen LogP contribution in [-0.4, -0.2) is 11.0 Å². The monoisotopic (exact) mass is 481 g/mol. The third-order valence-corrected chi connectivity index (χ3v) is 6.09. The van der Waals surface area contributed by atoms with Gasteiger partial charge in [-0.15, -0.1) is 0 Å². The van der Waals surface area contributed by atoms with Crippen molar-refractivity contribution in [3.63, 3.8) is 0 Å². The quantitative estimate of drug-likeness (QED) is 0.0886. The fourth-order valence-corrected chi connectivity index (χ4v) is 3.90. The molecule has 0 spiro atoms. The number of carbonyl (C=O) groups is 1. The van der Waals surface area contributed by atoms with E-state index in [1.165, 1.54) is 83.5 Å². The predicted molar refractivity (Wildman–Crippen MR) is 150 cm³/mol. The fraction of sp³-hybridized carbons (Fsp3) is 0.625. The molecule has 1 heterocycles. The highest BCUT2D eigenvalue weighted by atomic mass is 16.5. The van der Waals surface area contributed by atoms with Crippen molar-refractivity contribution in [2.75, 3.05) is 0 Å². The lowest BCUT2D eigenvalue weighted by Crippen LogP contribution is -2.04. The minimum Gasteiger partial charge on any atom is -0.461 e. The number of hydrogen-bond donors (Lipinski definition) is 0. The van der Waals surface area contributed by atoms with E-state index in [0.29, 0.717) is 13.0 Å². The summed E-state index contributed by atoms with van der Waals surface area (Å²) < 4.78 is 5.26. The van der Waals surface area contributed by atoms with Crippen molar-refractivity contribution in [2.24, 2.45) is 0 Å². The van der Waals surface area contributed by atoms with Gasteiger partial charge < -0.3 is 4.74 Å². The van der Waals surface area contributed by atoms with Crippen molar-refractivity contribution in [3.05, 3.63) is 66.5 Å². The minimum atomic E-state index is -0.134. The molecular formula is C32H51NO2. The van der Waals surface area contributed by atoms with Crippen molar-refractivity contribution in [3.8, 4) is 0 Å². The Morgan fingerprint density at radius 2 is 1.23 bits per heavy atom. The van der Waals surface area contributed by atoms with Crippen LogP contribution in [0.25, 0.3) is 0 Å². The Bertz CT molecular complexity index is 678. The van der Waals surface area contributed by atoms with Crippen molar-refractivity contribution >= 4 is 5.97 Å². The van der Waals surface area contributed by atoms with Gasteiger partial charge in [-0.1, -0.05) is 94.4 Å². The van der Waals surface area contributed by atoms with E-state index in [4.69, 9.17) is 4.74 Å². The summed E-state index contributed by atoms with van der Waals surface area (Å²) in [5.41, 5.74) is 0.926. The van der Waals surface area contributed by atoms with Gasteiger partial charge in [0.15, 0.2) is 0 Å². The minimum absolute atomic E-state index is 0.134. The average molecular weight is 482 g/mol.